The van der Waals surface area contributed by atoms with Gasteiger partial charge in [0.05, 0.1) is 0 Å². The van der Waals surface area contributed by atoms with E-state index in [1.807, 2.05) is 11.3 Å². The Labute approximate surface area is 311 Å². The van der Waals surface area contributed by atoms with E-state index < -0.39 is 0 Å². The van der Waals surface area contributed by atoms with Gasteiger partial charge in [-0.3, -0.25) is 0 Å². The molecule has 0 radical (unpaired) electrons. The molecule has 0 fully saturated rings. The lowest BCUT2D eigenvalue weighted by atomic mass is 9.84. The van der Waals surface area contributed by atoms with E-state index in [4.69, 9.17) is 0 Å². The van der Waals surface area contributed by atoms with E-state index >= 15 is 0 Å². The first-order valence-corrected chi connectivity index (χ1v) is 19.1. The van der Waals surface area contributed by atoms with Crippen molar-refractivity contribution < 1.29 is 0 Å². The third-order valence-corrected chi connectivity index (χ3v) is 12.2. The van der Waals surface area contributed by atoms with Crippen LogP contribution in [-0.4, -0.2) is 0 Å². The molecule has 0 unspecified atom stereocenters. The second kappa shape index (κ2) is 12.0. The van der Waals surface area contributed by atoms with Crippen LogP contribution in [0.4, 0.5) is 0 Å². The van der Waals surface area contributed by atoms with Crippen molar-refractivity contribution in [1.29, 1.82) is 0 Å². The first-order chi connectivity index (χ1) is 26.3. The summed E-state index contributed by atoms with van der Waals surface area (Å²) in [5.74, 6) is 0. The molecule has 0 aliphatic heterocycles. The van der Waals surface area contributed by atoms with Crippen LogP contribution >= 0.6 is 11.3 Å². The predicted octanol–water partition coefficient (Wildman–Crippen LogP) is 15.3. The molecule has 1 heteroatoms. The Morgan fingerprint density at radius 2 is 0.830 bits per heavy atom. The van der Waals surface area contributed by atoms with Crippen LogP contribution in [0.3, 0.4) is 0 Å². The Kier molecular flexibility index (Phi) is 6.83. The summed E-state index contributed by atoms with van der Waals surface area (Å²) in [6.45, 7) is 0. The van der Waals surface area contributed by atoms with Crippen LogP contribution in [0, 0.1) is 0 Å². The molecule has 0 N–H and O–H groups in total. The molecule has 0 spiro atoms. The monoisotopic (exact) mass is 688 g/mol. The number of benzene rings is 10. The maximum Gasteiger partial charge on any atom is 0.0433 e. The average molecular weight is 689 g/mol. The second-order valence-corrected chi connectivity index (χ2v) is 15.0. The number of rotatable bonds is 4. The summed E-state index contributed by atoms with van der Waals surface area (Å²) in [7, 11) is 0. The zero-order valence-electron chi connectivity index (χ0n) is 28.9. The molecule has 0 bridgehead atoms. The van der Waals surface area contributed by atoms with Crippen LogP contribution < -0.4 is 0 Å². The van der Waals surface area contributed by atoms with E-state index in [0.717, 1.165) is 0 Å². The molecule has 0 aliphatic carbocycles. The zero-order chi connectivity index (χ0) is 34.9. The quantitative estimate of drug-likeness (QED) is 0.128. The van der Waals surface area contributed by atoms with Gasteiger partial charge in [0.1, 0.15) is 0 Å². The molecule has 53 heavy (non-hydrogen) atoms. The highest BCUT2D eigenvalue weighted by Crippen LogP contribution is 2.49. The maximum absolute atomic E-state index is 2.43. The van der Waals surface area contributed by atoms with Gasteiger partial charge in [-0.2, -0.15) is 0 Å². The zero-order valence-corrected chi connectivity index (χ0v) is 29.7. The molecule has 0 aliphatic rings. The van der Waals surface area contributed by atoms with Gasteiger partial charge in [0, 0.05) is 20.5 Å². The minimum absolute atomic E-state index is 1.24. The average Bonchev–Trinajstić information content (AvgIpc) is 3.61. The lowest BCUT2D eigenvalue weighted by Crippen LogP contribution is -1.92. The Morgan fingerprint density at radius 3 is 1.53 bits per heavy atom. The number of hydrogen-bond acceptors (Lipinski definition) is 1. The van der Waals surface area contributed by atoms with E-state index in [1.54, 1.807) is 0 Å². The molecule has 1 aromatic heterocycles. The van der Waals surface area contributed by atoms with Crippen molar-refractivity contribution in [3.05, 3.63) is 194 Å². The molecule has 1 heterocycles. The van der Waals surface area contributed by atoms with Gasteiger partial charge in [0.15, 0.2) is 0 Å². The van der Waals surface area contributed by atoms with Gasteiger partial charge in [-0.15, -0.1) is 11.3 Å². The molecule has 0 saturated heterocycles. The normalized spacial score (nSPS) is 11.8. The fourth-order valence-electron chi connectivity index (χ4n) is 8.67. The highest BCUT2D eigenvalue weighted by molar-refractivity contribution is 7.23. The highest BCUT2D eigenvalue weighted by atomic mass is 32.1. The summed E-state index contributed by atoms with van der Waals surface area (Å²) >= 11 is 1.89. The first-order valence-electron chi connectivity index (χ1n) is 18.3. The van der Waals surface area contributed by atoms with Crippen molar-refractivity contribution >= 4 is 75.3 Å². The third kappa shape index (κ3) is 4.75. The lowest BCUT2D eigenvalue weighted by Gasteiger charge is -2.19. The van der Waals surface area contributed by atoms with Gasteiger partial charge >= 0.3 is 0 Å². The number of thiophene rings is 1. The summed E-state index contributed by atoms with van der Waals surface area (Å²) < 4.78 is 1.30. The molecular weight excluding hydrogens is 657 g/mol. The largest absolute Gasteiger partial charge is 0.135 e. The van der Waals surface area contributed by atoms with E-state index in [1.165, 1.54) is 108 Å². The van der Waals surface area contributed by atoms with Crippen LogP contribution in [0.1, 0.15) is 0 Å². The van der Waals surface area contributed by atoms with Crippen molar-refractivity contribution in [2.24, 2.45) is 0 Å². The second-order valence-electron chi connectivity index (χ2n) is 14.0. The first kappa shape index (κ1) is 30.1. The van der Waals surface area contributed by atoms with Crippen LogP contribution in [-0.2, 0) is 0 Å². The van der Waals surface area contributed by atoms with E-state index in [2.05, 4.69) is 194 Å². The molecule has 0 amide bonds. The van der Waals surface area contributed by atoms with Gasteiger partial charge in [0.25, 0.3) is 0 Å². The fraction of sp³-hybridized carbons (Fsp3) is 0. The minimum atomic E-state index is 1.24. The van der Waals surface area contributed by atoms with Crippen molar-refractivity contribution in [3.63, 3.8) is 0 Å². The van der Waals surface area contributed by atoms with Gasteiger partial charge in [-0.1, -0.05) is 176 Å². The Balaban J connectivity index is 1.17. The lowest BCUT2D eigenvalue weighted by molar-refractivity contribution is 1.66. The van der Waals surface area contributed by atoms with Crippen molar-refractivity contribution in [3.8, 4) is 43.8 Å². The third-order valence-electron chi connectivity index (χ3n) is 11.0. The van der Waals surface area contributed by atoms with Crippen LogP contribution in [0.15, 0.2) is 194 Å². The Morgan fingerprint density at radius 1 is 0.264 bits per heavy atom. The van der Waals surface area contributed by atoms with Crippen LogP contribution in [0.5, 0.6) is 0 Å². The molecule has 0 atom stereocenters. The molecule has 11 rings (SSSR count). The fourth-order valence-corrected chi connectivity index (χ4v) is 9.94. The van der Waals surface area contributed by atoms with Crippen molar-refractivity contribution in [2.45, 2.75) is 0 Å². The Hall–Kier alpha value is -6.54. The number of fused-ring (bicyclic) bond motifs is 7. The predicted molar refractivity (Wildman–Crippen MR) is 231 cm³/mol. The standard InChI is InChI=1S/C52H32S/c1-3-14-33(15-4-1)50-46-29-27-38(32-48(46)53-52(50)34-16-5-2-6-17-34)49-42-20-9-11-22-44(42)51(45-23-12-10-21-43(45)49)41-25-13-24-39-40(41)28-26-37-30-35-18-7-8-19-36(35)31-47(37)39/h1-32H. The molecule has 0 saturated carbocycles. The summed E-state index contributed by atoms with van der Waals surface area (Å²) in [5.41, 5.74) is 8.91. The van der Waals surface area contributed by atoms with Gasteiger partial charge < -0.3 is 0 Å². The van der Waals surface area contributed by atoms with Crippen LogP contribution in [0.2, 0.25) is 0 Å². The van der Waals surface area contributed by atoms with E-state index in [-0.39, 0.29) is 0 Å². The summed E-state index contributed by atoms with van der Waals surface area (Å²) in [6, 6.07) is 71.7. The summed E-state index contributed by atoms with van der Waals surface area (Å²) in [5, 5.41) is 14.1. The molecule has 246 valence electrons. The highest BCUT2D eigenvalue weighted by Gasteiger charge is 2.21. The number of hydrogen-bond donors (Lipinski definition) is 0. The van der Waals surface area contributed by atoms with Crippen LogP contribution in [0.25, 0.3) is 108 Å². The molecule has 0 nitrogen and oxygen atoms in total. The molecule has 10 aromatic carbocycles. The smallest absolute Gasteiger partial charge is 0.0433 e. The van der Waals surface area contributed by atoms with Gasteiger partial charge in [-0.05, 0) is 105 Å². The van der Waals surface area contributed by atoms with Crippen molar-refractivity contribution in [1.82, 2.24) is 0 Å². The van der Waals surface area contributed by atoms with Crippen molar-refractivity contribution in [2.75, 3.05) is 0 Å². The van der Waals surface area contributed by atoms with Gasteiger partial charge in [0.2, 0.25) is 0 Å². The summed E-state index contributed by atoms with van der Waals surface area (Å²) in [6.07, 6.45) is 0. The Bertz CT molecular complexity index is 3150. The molecule has 11 aromatic rings. The SMILES string of the molecule is c1ccc(-c2sc3cc(-c4c5ccccc5c(-c5cccc6c5ccc5cc7ccccc7cc56)c5ccccc45)ccc3c2-c2ccccc2)cc1. The summed E-state index contributed by atoms with van der Waals surface area (Å²) in [4.78, 5) is 1.31. The molecular formula is C52H32S. The van der Waals surface area contributed by atoms with Gasteiger partial charge in [-0.25, -0.2) is 0 Å². The maximum atomic E-state index is 2.43. The topological polar surface area (TPSA) is 0 Å². The van der Waals surface area contributed by atoms with E-state index in [0.29, 0.717) is 0 Å². The minimum Gasteiger partial charge on any atom is -0.135 e. The van der Waals surface area contributed by atoms with E-state index in [9.17, 15) is 0 Å².